The summed E-state index contributed by atoms with van der Waals surface area (Å²) in [5, 5.41) is 3.35. The molecule has 0 saturated heterocycles. The lowest BCUT2D eigenvalue weighted by Gasteiger charge is -2.11. The molecule has 0 radical (unpaired) electrons. The molecule has 3 heteroatoms. The Morgan fingerprint density at radius 1 is 1.62 bits per heavy atom. The highest BCUT2D eigenvalue weighted by Gasteiger charge is 2.01. The molecular formula is C10H17N3. The number of hydrogen-bond donors (Lipinski definition) is 2. The summed E-state index contributed by atoms with van der Waals surface area (Å²) in [5.41, 5.74) is 6.81. The summed E-state index contributed by atoms with van der Waals surface area (Å²) in [6.45, 7) is 5.28. The molecule has 1 aromatic rings. The molecule has 1 heterocycles. The van der Waals surface area contributed by atoms with E-state index >= 15 is 0 Å². The second-order valence-corrected chi connectivity index (χ2v) is 3.25. The van der Waals surface area contributed by atoms with Gasteiger partial charge in [-0.05, 0) is 37.6 Å². The first-order chi connectivity index (χ1) is 6.22. The zero-order chi connectivity index (χ0) is 9.68. The number of hydrogen-bond acceptors (Lipinski definition) is 3. The molecule has 0 aliphatic rings. The SMILES string of the molecule is CCNC(C)Cc1ccnc(N)c1. The molecular weight excluding hydrogens is 162 g/mol. The Kier molecular flexibility index (Phi) is 3.71. The van der Waals surface area contributed by atoms with E-state index in [4.69, 9.17) is 5.73 Å². The number of nitrogens with zero attached hydrogens (tertiary/aromatic N) is 1. The summed E-state index contributed by atoms with van der Waals surface area (Å²) in [4.78, 5) is 3.95. The van der Waals surface area contributed by atoms with Crippen molar-refractivity contribution in [2.45, 2.75) is 26.3 Å². The van der Waals surface area contributed by atoms with E-state index in [1.54, 1.807) is 6.20 Å². The molecule has 0 aliphatic heterocycles. The highest BCUT2D eigenvalue weighted by molar-refractivity contribution is 5.32. The van der Waals surface area contributed by atoms with Gasteiger partial charge in [0, 0.05) is 12.2 Å². The van der Waals surface area contributed by atoms with Crippen molar-refractivity contribution in [3.05, 3.63) is 23.9 Å². The van der Waals surface area contributed by atoms with Crippen LogP contribution in [0.1, 0.15) is 19.4 Å². The highest BCUT2D eigenvalue weighted by Crippen LogP contribution is 2.05. The fourth-order valence-electron chi connectivity index (χ4n) is 1.40. The summed E-state index contributed by atoms with van der Waals surface area (Å²) in [6.07, 6.45) is 2.75. The van der Waals surface area contributed by atoms with Gasteiger partial charge in [-0.15, -0.1) is 0 Å². The molecule has 0 fully saturated rings. The zero-order valence-corrected chi connectivity index (χ0v) is 8.25. The van der Waals surface area contributed by atoms with E-state index in [1.807, 2.05) is 12.1 Å². The van der Waals surface area contributed by atoms with E-state index in [-0.39, 0.29) is 0 Å². The van der Waals surface area contributed by atoms with E-state index in [1.165, 1.54) is 5.56 Å². The maximum Gasteiger partial charge on any atom is 0.123 e. The van der Waals surface area contributed by atoms with Crippen LogP contribution in [0.5, 0.6) is 0 Å². The fourth-order valence-corrected chi connectivity index (χ4v) is 1.40. The van der Waals surface area contributed by atoms with Crippen LogP contribution in [0, 0.1) is 0 Å². The summed E-state index contributed by atoms with van der Waals surface area (Å²) >= 11 is 0. The lowest BCUT2D eigenvalue weighted by molar-refractivity contribution is 0.565. The molecule has 1 atom stereocenters. The van der Waals surface area contributed by atoms with Crippen LogP contribution in [0.4, 0.5) is 5.82 Å². The van der Waals surface area contributed by atoms with Crippen molar-refractivity contribution < 1.29 is 0 Å². The Labute approximate surface area is 79.4 Å². The molecule has 13 heavy (non-hydrogen) atoms. The Hall–Kier alpha value is -1.09. The van der Waals surface area contributed by atoms with Crippen LogP contribution in [-0.4, -0.2) is 17.6 Å². The van der Waals surface area contributed by atoms with Crippen molar-refractivity contribution >= 4 is 5.82 Å². The van der Waals surface area contributed by atoms with Crippen molar-refractivity contribution in [1.82, 2.24) is 10.3 Å². The minimum absolute atomic E-state index is 0.492. The summed E-state index contributed by atoms with van der Waals surface area (Å²) in [6, 6.07) is 4.42. The van der Waals surface area contributed by atoms with Gasteiger partial charge in [0.1, 0.15) is 5.82 Å². The van der Waals surface area contributed by atoms with Gasteiger partial charge in [-0.1, -0.05) is 6.92 Å². The van der Waals surface area contributed by atoms with Crippen molar-refractivity contribution in [3.8, 4) is 0 Å². The monoisotopic (exact) mass is 179 g/mol. The molecule has 0 saturated carbocycles. The quantitative estimate of drug-likeness (QED) is 0.730. The Bertz CT molecular complexity index is 260. The number of nitrogen functional groups attached to an aromatic ring is 1. The van der Waals surface area contributed by atoms with Gasteiger partial charge in [0.05, 0.1) is 0 Å². The van der Waals surface area contributed by atoms with Crippen molar-refractivity contribution in [3.63, 3.8) is 0 Å². The number of aromatic nitrogens is 1. The first-order valence-electron chi connectivity index (χ1n) is 4.66. The van der Waals surface area contributed by atoms with Gasteiger partial charge in [-0.3, -0.25) is 0 Å². The highest BCUT2D eigenvalue weighted by atomic mass is 14.9. The van der Waals surface area contributed by atoms with Crippen molar-refractivity contribution in [2.24, 2.45) is 0 Å². The molecule has 1 aromatic heterocycles. The molecule has 3 N–H and O–H groups in total. The van der Waals surface area contributed by atoms with Gasteiger partial charge in [0.15, 0.2) is 0 Å². The predicted octanol–water partition coefficient (Wildman–Crippen LogP) is 1.20. The van der Waals surface area contributed by atoms with E-state index < -0.39 is 0 Å². The third-order valence-corrected chi connectivity index (χ3v) is 1.94. The summed E-state index contributed by atoms with van der Waals surface area (Å²) < 4.78 is 0. The molecule has 0 aromatic carbocycles. The predicted molar refractivity (Wildman–Crippen MR) is 55.5 cm³/mol. The lowest BCUT2D eigenvalue weighted by Crippen LogP contribution is -2.27. The maximum atomic E-state index is 5.58. The third-order valence-electron chi connectivity index (χ3n) is 1.94. The minimum Gasteiger partial charge on any atom is -0.384 e. The van der Waals surface area contributed by atoms with Gasteiger partial charge in [-0.2, -0.15) is 0 Å². The average Bonchev–Trinajstić information content (AvgIpc) is 2.04. The normalized spacial score (nSPS) is 12.8. The van der Waals surface area contributed by atoms with Gasteiger partial charge in [-0.25, -0.2) is 4.98 Å². The topological polar surface area (TPSA) is 50.9 Å². The number of pyridine rings is 1. The van der Waals surface area contributed by atoms with Crippen molar-refractivity contribution in [2.75, 3.05) is 12.3 Å². The lowest BCUT2D eigenvalue weighted by atomic mass is 10.1. The summed E-state index contributed by atoms with van der Waals surface area (Å²) in [7, 11) is 0. The number of likely N-dealkylation sites (N-methyl/N-ethyl adjacent to an activating group) is 1. The molecule has 3 nitrogen and oxygen atoms in total. The molecule has 0 spiro atoms. The number of anilines is 1. The fraction of sp³-hybridized carbons (Fsp3) is 0.500. The smallest absolute Gasteiger partial charge is 0.123 e. The Morgan fingerprint density at radius 3 is 3.00 bits per heavy atom. The third kappa shape index (κ3) is 3.42. The van der Waals surface area contributed by atoms with Crippen LogP contribution in [0.2, 0.25) is 0 Å². The van der Waals surface area contributed by atoms with Gasteiger partial charge >= 0.3 is 0 Å². The number of nitrogens with two attached hydrogens (primary N) is 1. The van der Waals surface area contributed by atoms with Crippen LogP contribution < -0.4 is 11.1 Å². The van der Waals surface area contributed by atoms with Crippen molar-refractivity contribution in [1.29, 1.82) is 0 Å². The zero-order valence-electron chi connectivity index (χ0n) is 8.25. The van der Waals surface area contributed by atoms with Gasteiger partial charge in [0.2, 0.25) is 0 Å². The number of rotatable bonds is 4. The van der Waals surface area contributed by atoms with E-state index in [0.717, 1.165) is 13.0 Å². The largest absolute Gasteiger partial charge is 0.384 e. The Morgan fingerprint density at radius 2 is 2.38 bits per heavy atom. The maximum absolute atomic E-state index is 5.58. The molecule has 1 unspecified atom stereocenters. The second kappa shape index (κ2) is 4.82. The van der Waals surface area contributed by atoms with Gasteiger partial charge in [0.25, 0.3) is 0 Å². The molecule has 1 rings (SSSR count). The van der Waals surface area contributed by atoms with Crippen LogP contribution in [-0.2, 0) is 6.42 Å². The molecule has 0 amide bonds. The van der Waals surface area contributed by atoms with Crippen LogP contribution in [0.25, 0.3) is 0 Å². The van der Waals surface area contributed by atoms with E-state index in [0.29, 0.717) is 11.9 Å². The first kappa shape index (κ1) is 9.99. The minimum atomic E-state index is 0.492. The first-order valence-corrected chi connectivity index (χ1v) is 4.66. The standard InChI is InChI=1S/C10H17N3/c1-3-12-8(2)6-9-4-5-13-10(11)7-9/h4-5,7-8,12H,3,6H2,1-2H3,(H2,11,13). The second-order valence-electron chi connectivity index (χ2n) is 3.25. The van der Waals surface area contributed by atoms with E-state index in [9.17, 15) is 0 Å². The molecule has 0 bridgehead atoms. The van der Waals surface area contributed by atoms with Crippen LogP contribution in [0.15, 0.2) is 18.3 Å². The molecule has 0 aliphatic carbocycles. The Balaban J connectivity index is 2.53. The number of nitrogens with one attached hydrogen (secondary N) is 1. The summed E-state index contributed by atoms with van der Waals surface area (Å²) in [5.74, 6) is 0.598. The molecule has 72 valence electrons. The average molecular weight is 179 g/mol. The van der Waals surface area contributed by atoms with Crippen LogP contribution in [0.3, 0.4) is 0 Å². The van der Waals surface area contributed by atoms with E-state index in [2.05, 4.69) is 24.1 Å². The van der Waals surface area contributed by atoms with Gasteiger partial charge < -0.3 is 11.1 Å². The van der Waals surface area contributed by atoms with Crippen LogP contribution >= 0.6 is 0 Å².